The summed E-state index contributed by atoms with van der Waals surface area (Å²) in [4.78, 5) is 2.37. The molecule has 0 spiro atoms. The maximum atomic E-state index is 13.5. The lowest BCUT2D eigenvalue weighted by atomic mass is 9.94. The predicted molar refractivity (Wildman–Crippen MR) is 56.1 cm³/mol. The van der Waals surface area contributed by atoms with Gasteiger partial charge in [-0.2, -0.15) is 0 Å². The molecule has 1 N–H and O–H groups in total. The first-order valence-electron chi connectivity index (χ1n) is 5.86. The van der Waals surface area contributed by atoms with E-state index in [0.29, 0.717) is 12.6 Å². The van der Waals surface area contributed by atoms with Crippen molar-refractivity contribution in [2.75, 3.05) is 26.2 Å². The first-order chi connectivity index (χ1) is 6.77. The summed E-state index contributed by atoms with van der Waals surface area (Å²) in [5, 5.41) is 3.35. The molecule has 0 saturated carbocycles. The van der Waals surface area contributed by atoms with Gasteiger partial charge in [-0.1, -0.05) is 6.92 Å². The smallest absolute Gasteiger partial charge is 0.115 e. The fourth-order valence-electron chi connectivity index (χ4n) is 2.55. The molecule has 0 aromatic carbocycles. The van der Waals surface area contributed by atoms with Crippen LogP contribution in [-0.2, 0) is 0 Å². The Kier molecular flexibility index (Phi) is 3.39. The Morgan fingerprint density at radius 3 is 2.57 bits per heavy atom. The number of halogens is 1. The Morgan fingerprint density at radius 1 is 1.21 bits per heavy atom. The molecule has 0 radical (unpaired) electrons. The molecule has 2 aliphatic rings. The van der Waals surface area contributed by atoms with Crippen LogP contribution in [0.4, 0.5) is 4.39 Å². The second kappa shape index (κ2) is 4.58. The zero-order valence-corrected chi connectivity index (χ0v) is 9.01. The number of piperidine rings is 2. The first-order valence-corrected chi connectivity index (χ1v) is 5.86. The molecule has 0 amide bonds. The number of likely N-dealkylation sites (tertiary alicyclic amines) is 1. The summed E-state index contributed by atoms with van der Waals surface area (Å²) in [6.45, 7) is 6.02. The molecule has 0 aromatic rings. The minimum atomic E-state index is -0.598. The van der Waals surface area contributed by atoms with Gasteiger partial charge in [-0.25, -0.2) is 4.39 Å². The minimum Gasteiger partial charge on any atom is -0.317 e. The first kappa shape index (κ1) is 10.4. The van der Waals surface area contributed by atoms with E-state index >= 15 is 0 Å². The third kappa shape index (κ3) is 2.26. The number of rotatable bonds is 1. The largest absolute Gasteiger partial charge is 0.317 e. The van der Waals surface area contributed by atoms with Crippen molar-refractivity contribution in [3.63, 3.8) is 0 Å². The van der Waals surface area contributed by atoms with Gasteiger partial charge in [-0.05, 0) is 44.8 Å². The number of nitrogens with one attached hydrogen (secondary N) is 1. The van der Waals surface area contributed by atoms with E-state index in [4.69, 9.17) is 0 Å². The molecule has 14 heavy (non-hydrogen) atoms. The molecule has 2 saturated heterocycles. The highest BCUT2D eigenvalue weighted by atomic mass is 19.1. The van der Waals surface area contributed by atoms with Gasteiger partial charge in [0.2, 0.25) is 0 Å². The van der Waals surface area contributed by atoms with Gasteiger partial charge < -0.3 is 5.32 Å². The highest BCUT2D eigenvalue weighted by molar-refractivity contribution is 4.84. The molecule has 2 nitrogen and oxygen atoms in total. The summed E-state index contributed by atoms with van der Waals surface area (Å²) < 4.78 is 13.5. The lowest BCUT2D eigenvalue weighted by Gasteiger charge is -2.40. The van der Waals surface area contributed by atoms with Gasteiger partial charge in [0.05, 0.1) is 0 Å². The van der Waals surface area contributed by atoms with Crippen molar-refractivity contribution < 1.29 is 4.39 Å². The van der Waals surface area contributed by atoms with Gasteiger partial charge in [0.25, 0.3) is 0 Å². The van der Waals surface area contributed by atoms with Crippen LogP contribution < -0.4 is 5.32 Å². The fourth-order valence-corrected chi connectivity index (χ4v) is 2.55. The van der Waals surface area contributed by atoms with Crippen molar-refractivity contribution in [2.45, 2.75) is 38.4 Å². The van der Waals surface area contributed by atoms with Crippen LogP contribution in [0.5, 0.6) is 0 Å². The van der Waals surface area contributed by atoms with E-state index in [0.717, 1.165) is 26.1 Å². The molecule has 2 heterocycles. The standard InChI is InChI=1S/C11H21FN2/c1-9-4-7-14(8-11(9)12)10-2-5-13-6-3-10/h9-11,13H,2-8H2,1H3/t9-,11-/m0/s1. The van der Waals surface area contributed by atoms with E-state index in [2.05, 4.69) is 10.2 Å². The van der Waals surface area contributed by atoms with E-state index in [-0.39, 0.29) is 5.92 Å². The normalized spacial score (nSPS) is 37.3. The van der Waals surface area contributed by atoms with Crippen LogP contribution in [0.25, 0.3) is 0 Å². The molecule has 0 unspecified atom stereocenters. The molecular weight excluding hydrogens is 179 g/mol. The molecule has 2 atom stereocenters. The van der Waals surface area contributed by atoms with Gasteiger partial charge in [0.15, 0.2) is 0 Å². The highest BCUT2D eigenvalue weighted by Crippen LogP contribution is 2.23. The van der Waals surface area contributed by atoms with Crippen molar-refractivity contribution >= 4 is 0 Å². The van der Waals surface area contributed by atoms with Crippen LogP contribution in [0, 0.1) is 5.92 Å². The summed E-state index contributed by atoms with van der Waals surface area (Å²) in [6, 6.07) is 0.641. The Balaban J connectivity index is 1.85. The van der Waals surface area contributed by atoms with E-state index in [1.54, 1.807) is 0 Å². The summed E-state index contributed by atoms with van der Waals surface area (Å²) in [5.74, 6) is 0.271. The van der Waals surface area contributed by atoms with Crippen LogP contribution in [0.1, 0.15) is 26.2 Å². The average Bonchev–Trinajstić information content (AvgIpc) is 2.23. The lowest BCUT2D eigenvalue weighted by molar-refractivity contribution is 0.0518. The molecule has 2 fully saturated rings. The van der Waals surface area contributed by atoms with Crippen molar-refractivity contribution in [3.05, 3.63) is 0 Å². The van der Waals surface area contributed by atoms with Crippen molar-refractivity contribution in [1.82, 2.24) is 10.2 Å². The topological polar surface area (TPSA) is 15.3 Å². The fraction of sp³-hybridized carbons (Fsp3) is 1.00. The molecule has 0 aromatic heterocycles. The van der Waals surface area contributed by atoms with E-state index in [1.807, 2.05) is 6.92 Å². The zero-order valence-electron chi connectivity index (χ0n) is 9.01. The summed E-state index contributed by atoms with van der Waals surface area (Å²) in [6.07, 6.45) is 2.83. The SMILES string of the molecule is C[C@H]1CCN(C2CCNCC2)C[C@@H]1F. The Labute approximate surface area is 85.9 Å². The molecule has 2 rings (SSSR count). The number of alkyl halides is 1. The summed E-state index contributed by atoms with van der Waals surface area (Å²) in [5.41, 5.74) is 0. The van der Waals surface area contributed by atoms with Gasteiger partial charge in [-0.3, -0.25) is 4.90 Å². The Morgan fingerprint density at radius 2 is 1.93 bits per heavy atom. The van der Waals surface area contributed by atoms with Crippen LogP contribution in [0.2, 0.25) is 0 Å². The van der Waals surface area contributed by atoms with Crippen molar-refractivity contribution in [2.24, 2.45) is 5.92 Å². The predicted octanol–water partition coefficient (Wildman–Crippen LogP) is 1.42. The third-order valence-corrected chi connectivity index (χ3v) is 3.72. The summed E-state index contributed by atoms with van der Waals surface area (Å²) in [7, 11) is 0. The van der Waals surface area contributed by atoms with Crippen molar-refractivity contribution in [1.29, 1.82) is 0 Å². The molecule has 0 bridgehead atoms. The van der Waals surface area contributed by atoms with E-state index in [1.165, 1.54) is 12.8 Å². The van der Waals surface area contributed by atoms with Crippen LogP contribution in [0.3, 0.4) is 0 Å². The maximum absolute atomic E-state index is 13.5. The second-order valence-corrected chi connectivity index (χ2v) is 4.76. The van der Waals surface area contributed by atoms with Gasteiger partial charge in [0.1, 0.15) is 6.17 Å². The van der Waals surface area contributed by atoms with Gasteiger partial charge in [0, 0.05) is 12.6 Å². The average molecular weight is 200 g/mol. The monoisotopic (exact) mass is 200 g/mol. The maximum Gasteiger partial charge on any atom is 0.115 e. The number of hydrogen-bond donors (Lipinski definition) is 1. The Hall–Kier alpha value is -0.150. The van der Waals surface area contributed by atoms with E-state index in [9.17, 15) is 4.39 Å². The van der Waals surface area contributed by atoms with Gasteiger partial charge >= 0.3 is 0 Å². The Bertz CT molecular complexity index is 180. The number of nitrogens with zero attached hydrogens (tertiary/aromatic N) is 1. The second-order valence-electron chi connectivity index (χ2n) is 4.76. The van der Waals surface area contributed by atoms with Crippen LogP contribution in [0.15, 0.2) is 0 Å². The molecule has 2 aliphatic heterocycles. The molecule has 82 valence electrons. The highest BCUT2D eigenvalue weighted by Gasteiger charge is 2.30. The van der Waals surface area contributed by atoms with E-state index < -0.39 is 6.17 Å². The molecule has 0 aliphatic carbocycles. The quantitative estimate of drug-likeness (QED) is 0.688. The summed E-state index contributed by atoms with van der Waals surface area (Å²) >= 11 is 0. The zero-order chi connectivity index (χ0) is 9.97. The lowest BCUT2D eigenvalue weighted by Crippen LogP contribution is -2.49. The third-order valence-electron chi connectivity index (χ3n) is 3.72. The van der Waals surface area contributed by atoms with Crippen LogP contribution >= 0.6 is 0 Å². The minimum absolute atomic E-state index is 0.271. The number of hydrogen-bond acceptors (Lipinski definition) is 2. The van der Waals surface area contributed by atoms with Crippen molar-refractivity contribution in [3.8, 4) is 0 Å². The molecule has 3 heteroatoms. The van der Waals surface area contributed by atoms with Gasteiger partial charge in [-0.15, -0.1) is 0 Å². The molecular formula is C11H21FN2. The van der Waals surface area contributed by atoms with Crippen LogP contribution in [-0.4, -0.2) is 43.3 Å².